The minimum atomic E-state index is -0.280. The molecule has 1 N–H and O–H groups in total. The van der Waals surface area contributed by atoms with E-state index >= 15 is 0 Å². The van der Waals surface area contributed by atoms with Gasteiger partial charge in [-0.2, -0.15) is 10.1 Å². The number of hydrogen-bond donors (Lipinski definition) is 1. The smallest absolute Gasteiger partial charge is 0.249 e. The zero-order chi connectivity index (χ0) is 13.8. The number of carbonyl (C=O) groups excluding carboxylic acids is 1. The van der Waals surface area contributed by atoms with E-state index in [1.54, 1.807) is 6.07 Å². The zero-order valence-corrected chi connectivity index (χ0v) is 11.0. The minimum Gasteiger partial charge on any atom is -0.345 e. The van der Waals surface area contributed by atoms with Crippen molar-refractivity contribution in [3.8, 4) is 11.5 Å². The molecule has 0 aromatic carbocycles. The summed E-state index contributed by atoms with van der Waals surface area (Å²) in [5, 5.41) is 14.5. The summed E-state index contributed by atoms with van der Waals surface area (Å²) in [5.74, 6) is 0.600. The molecule has 19 heavy (non-hydrogen) atoms. The summed E-state index contributed by atoms with van der Waals surface area (Å²) in [4.78, 5) is 15.3. The predicted octanol–water partition coefficient (Wildman–Crippen LogP) is 1.42. The van der Waals surface area contributed by atoms with Gasteiger partial charge in [0.05, 0.1) is 5.69 Å². The quantitative estimate of drug-likeness (QED) is 0.894. The molecule has 7 nitrogen and oxygen atoms in total. The first-order valence-electron chi connectivity index (χ1n) is 6.01. The molecule has 1 atom stereocenters. The molecule has 0 unspecified atom stereocenters. The van der Waals surface area contributed by atoms with Crippen LogP contribution in [0, 0.1) is 6.92 Å². The first-order chi connectivity index (χ1) is 9.10. The molecule has 2 rings (SSSR count). The lowest BCUT2D eigenvalue weighted by atomic mass is 10.2. The van der Waals surface area contributed by atoms with Gasteiger partial charge in [-0.3, -0.25) is 4.79 Å². The third-order valence-corrected chi connectivity index (χ3v) is 2.55. The molecular formula is C12H15N5O2. The van der Waals surface area contributed by atoms with Crippen LogP contribution in [0.1, 0.15) is 37.9 Å². The predicted molar refractivity (Wildman–Crippen MR) is 66.9 cm³/mol. The van der Waals surface area contributed by atoms with Crippen LogP contribution < -0.4 is 5.32 Å². The van der Waals surface area contributed by atoms with Crippen molar-refractivity contribution in [2.24, 2.45) is 0 Å². The molecule has 0 aliphatic carbocycles. The fourth-order valence-electron chi connectivity index (χ4n) is 1.58. The molecule has 0 fully saturated rings. The van der Waals surface area contributed by atoms with Crippen LogP contribution in [-0.2, 0) is 4.79 Å². The van der Waals surface area contributed by atoms with Crippen LogP contribution in [0.15, 0.2) is 16.7 Å². The third-order valence-electron chi connectivity index (χ3n) is 2.55. The van der Waals surface area contributed by atoms with Crippen molar-refractivity contribution in [3.63, 3.8) is 0 Å². The van der Waals surface area contributed by atoms with E-state index in [0.29, 0.717) is 23.8 Å². The Morgan fingerprint density at radius 2 is 2.21 bits per heavy atom. The maximum absolute atomic E-state index is 11.1. The average Bonchev–Trinajstić information content (AvgIpc) is 2.86. The van der Waals surface area contributed by atoms with Gasteiger partial charge in [-0.05, 0) is 25.5 Å². The lowest BCUT2D eigenvalue weighted by molar-refractivity contribution is -0.119. The van der Waals surface area contributed by atoms with Crippen LogP contribution in [0.2, 0.25) is 0 Å². The van der Waals surface area contributed by atoms with E-state index in [9.17, 15) is 4.79 Å². The summed E-state index contributed by atoms with van der Waals surface area (Å²) in [7, 11) is 0. The van der Waals surface area contributed by atoms with Gasteiger partial charge in [-0.15, -0.1) is 5.10 Å². The molecule has 0 spiro atoms. The van der Waals surface area contributed by atoms with Gasteiger partial charge in [0.2, 0.25) is 17.6 Å². The van der Waals surface area contributed by atoms with Crippen LogP contribution in [0.4, 0.5) is 0 Å². The van der Waals surface area contributed by atoms with Crippen LogP contribution in [0.3, 0.4) is 0 Å². The van der Waals surface area contributed by atoms with Gasteiger partial charge in [0, 0.05) is 6.92 Å². The molecule has 1 amide bonds. The van der Waals surface area contributed by atoms with E-state index in [1.807, 2.05) is 19.9 Å². The Labute approximate surface area is 110 Å². The lowest BCUT2D eigenvalue weighted by Gasteiger charge is -2.09. The van der Waals surface area contributed by atoms with Crippen LogP contribution >= 0.6 is 0 Å². The molecule has 2 heterocycles. The number of amides is 1. The summed E-state index contributed by atoms with van der Waals surface area (Å²) in [6.45, 7) is 5.23. The Hall–Kier alpha value is -2.31. The Bertz CT molecular complexity index is 564. The van der Waals surface area contributed by atoms with Gasteiger partial charge in [-0.25, -0.2) is 0 Å². The van der Waals surface area contributed by atoms with Gasteiger partial charge in [0.1, 0.15) is 11.7 Å². The molecule has 100 valence electrons. The van der Waals surface area contributed by atoms with Gasteiger partial charge in [0.15, 0.2) is 0 Å². The van der Waals surface area contributed by atoms with E-state index in [2.05, 4.69) is 25.7 Å². The van der Waals surface area contributed by atoms with E-state index in [1.165, 1.54) is 6.92 Å². The first-order valence-corrected chi connectivity index (χ1v) is 6.01. The van der Waals surface area contributed by atoms with Crippen molar-refractivity contribution in [3.05, 3.63) is 23.7 Å². The van der Waals surface area contributed by atoms with Crippen molar-refractivity contribution >= 4 is 5.91 Å². The Morgan fingerprint density at radius 3 is 2.79 bits per heavy atom. The van der Waals surface area contributed by atoms with Crippen LogP contribution in [0.25, 0.3) is 11.5 Å². The fourth-order valence-corrected chi connectivity index (χ4v) is 1.58. The van der Waals surface area contributed by atoms with E-state index in [0.717, 1.165) is 5.69 Å². The number of aromatic nitrogens is 4. The average molecular weight is 261 g/mol. The maximum Gasteiger partial charge on any atom is 0.249 e. The van der Waals surface area contributed by atoms with Crippen molar-refractivity contribution < 1.29 is 9.32 Å². The monoisotopic (exact) mass is 261 g/mol. The maximum atomic E-state index is 11.1. The normalized spacial score (nSPS) is 12.2. The molecule has 0 aliphatic heterocycles. The fraction of sp³-hybridized carbons (Fsp3) is 0.417. The van der Waals surface area contributed by atoms with Crippen molar-refractivity contribution in [2.75, 3.05) is 0 Å². The highest BCUT2D eigenvalue weighted by Gasteiger charge is 2.19. The number of carbonyl (C=O) groups is 1. The second kappa shape index (κ2) is 5.55. The van der Waals surface area contributed by atoms with Crippen LogP contribution in [0.5, 0.6) is 0 Å². The number of rotatable bonds is 4. The van der Waals surface area contributed by atoms with Crippen LogP contribution in [-0.4, -0.2) is 26.2 Å². The highest BCUT2D eigenvalue weighted by Crippen LogP contribution is 2.18. The summed E-state index contributed by atoms with van der Waals surface area (Å²) in [6.07, 6.45) is 0.667. The topological polar surface area (TPSA) is 93.8 Å². The number of nitrogens with one attached hydrogen (secondary N) is 1. The molecule has 2 aromatic rings. The third kappa shape index (κ3) is 3.12. The zero-order valence-electron chi connectivity index (χ0n) is 11.0. The molecule has 0 aliphatic rings. The highest BCUT2D eigenvalue weighted by molar-refractivity contribution is 5.73. The lowest BCUT2D eigenvalue weighted by Crippen LogP contribution is -2.25. The highest BCUT2D eigenvalue weighted by atomic mass is 16.5. The molecule has 7 heteroatoms. The van der Waals surface area contributed by atoms with Crippen molar-refractivity contribution in [1.82, 2.24) is 25.7 Å². The molecule has 0 saturated carbocycles. The standard InChI is InChI=1S/C12H15N5O2/c1-4-9(13-8(3)18)12-14-11(17-19-12)10-6-5-7(2)15-16-10/h5-6,9H,4H2,1-3H3,(H,13,18)/t9-/m1/s1. The largest absolute Gasteiger partial charge is 0.345 e. The SMILES string of the molecule is CC[C@@H](NC(C)=O)c1nc(-c2ccc(C)nn2)no1. The molecule has 0 bridgehead atoms. The number of aryl methyl sites for hydroxylation is 1. The Morgan fingerprint density at radius 1 is 1.42 bits per heavy atom. The molecule has 0 saturated heterocycles. The second-order valence-electron chi connectivity index (χ2n) is 4.18. The van der Waals surface area contributed by atoms with Crippen molar-refractivity contribution in [2.45, 2.75) is 33.2 Å². The van der Waals surface area contributed by atoms with E-state index in [-0.39, 0.29) is 11.9 Å². The van der Waals surface area contributed by atoms with Gasteiger partial charge in [-0.1, -0.05) is 12.1 Å². The Kier molecular flexibility index (Phi) is 3.84. The summed E-state index contributed by atoms with van der Waals surface area (Å²) >= 11 is 0. The Balaban J connectivity index is 2.22. The van der Waals surface area contributed by atoms with Gasteiger partial charge in [0.25, 0.3) is 0 Å². The molecule has 2 aromatic heterocycles. The minimum absolute atomic E-state index is 0.137. The summed E-state index contributed by atoms with van der Waals surface area (Å²) in [6, 6.07) is 3.32. The summed E-state index contributed by atoms with van der Waals surface area (Å²) in [5.41, 5.74) is 1.36. The van der Waals surface area contributed by atoms with Crippen molar-refractivity contribution in [1.29, 1.82) is 0 Å². The van der Waals surface area contributed by atoms with E-state index < -0.39 is 0 Å². The number of nitrogens with zero attached hydrogens (tertiary/aromatic N) is 4. The molecular weight excluding hydrogens is 246 g/mol. The second-order valence-corrected chi connectivity index (χ2v) is 4.18. The van der Waals surface area contributed by atoms with E-state index in [4.69, 9.17) is 4.52 Å². The van der Waals surface area contributed by atoms with Gasteiger partial charge < -0.3 is 9.84 Å². The molecule has 0 radical (unpaired) electrons. The number of hydrogen-bond acceptors (Lipinski definition) is 6. The summed E-state index contributed by atoms with van der Waals surface area (Å²) < 4.78 is 5.16. The first kappa shape index (κ1) is 13.1. The van der Waals surface area contributed by atoms with Gasteiger partial charge >= 0.3 is 0 Å².